The van der Waals surface area contributed by atoms with E-state index in [0.717, 1.165) is 33.5 Å². The maximum Gasteiger partial charge on any atom is 0.135 e. The number of nitrogens with one attached hydrogen (secondary N) is 1. The van der Waals surface area contributed by atoms with Gasteiger partial charge in [-0.3, -0.25) is 4.98 Å². The third-order valence-electron chi connectivity index (χ3n) is 4.10. The third kappa shape index (κ3) is 4.42. The molecule has 4 aromatic rings. The number of fused-ring (bicyclic) bond motifs is 1. The summed E-state index contributed by atoms with van der Waals surface area (Å²) in [6.07, 6.45) is 3.54. The van der Waals surface area contributed by atoms with Gasteiger partial charge in [-0.05, 0) is 52.3 Å². The van der Waals surface area contributed by atoms with E-state index in [1.807, 2.05) is 48.5 Å². The predicted octanol–water partition coefficient (Wildman–Crippen LogP) is 4.14. The summed E-state index contributed by atoms with van der Waals surface area (Å²) >= 11 is 6.16. The number of pyridine rings is 1. The molecule has 7 heteroatoms. The summed E-state index contributed by atoms with van der Waals surface area (Å²) < 4.78 is 10.7. The van der Waals surface area contributed by atoms with E-state index in [-0.39, 0.29) is 0 Å². The molecule has 0 amide bonds. The second-order valence-corrected chi connectivity index (χ2v) is 6.53. The highest BCUT2D eigenvalue weighted by Gasteiger charge is 2.07. The van der Waals surface area contributed by atoms with Gasteiger partial charge in [0.25, 0.3) is 0 Å². The molecule has 0 aliphatic rings. The lowest BCUT2D eigenvalue weighted by atomic mass is 10.1. The zero-order valence-electron chi connectivity index (χ0n) is 14.4. The van der Waals surface area contributed by atoms with Crippen LogP contribution in [0.1, 0.15) is 16.7 Å². The lowest BCUT2D eigenvalue weighted by molar-refractivity contribution is 0.301. The van der Waals surface area contributed by atoms with E-state index in [4.69, 9.17) is 21.0 Å². The number of rotatable bonds is 7. The van der Waals surface area contributed by atoms with Crippen LogP contribution < -0.4 is 10.1 Å². The van der Waals surface area contributed by atoms with Crippen molar-refractivity contribution in [1.82, 2.24) is 20.6 Å². The average molecular weight is 381 g/mol. The lowest BCUT2D eigenvalue weighted by Gasteiger charge is -2.13. The van der Waals surface area contributed by atoms with Crippen molar-refractivity contribution in [3.05, 3.63) is 82.6 Å². The van der Waals surface area contributed by atoms with Gasteiger partial charge in [-0.2, -0.15) is 0 Å². The van der Waals surface area contributed by atoms with Crippen molar-refractivity contribution in [3.8, 4) is 5.75 Å². The number of hydrogen-bond donors (Lipinski definition) is 1. The van der Waals surface area contributed by atoms with E-state index in [0.29, 0.717) is 24.7 Å². The molecule has 0 unspecified atom stereocenters. The molecule has 0 atom stereocenters. The molecule has 0 saturated heterocycles. The van der Waals surface area contributed by atoms with E-state index in [1.165, 1.54) is 0 Å². The summed E-state index contributed by atoms with van der Waals surface area (Å²) in [5.74, 6) is 0.798. The quantitative estimate of drug-likeness (QED) is 0.519. The van der Waals surface area contributed by atoms with Crippen molar-refractivity contribution in [2.45, 2.75) is 19.7 Å². The van der Waals surface area contributed by atoms with Crippen molar-refractivity contribution in [2.24, 2.45) is 0 Å². The van der Waals surface area contributed by atoms with E-state index in [1.54, 1.807) is 12.4 Å². The van der Waals surface area contributed by atoms with Crippen molar-refractivity contribution in [3.63, 3.8) is 0 Å². The topological polar surface area (TPSA) is 73.1 Å². The van der Waals surface area contributed by atoms with Gasteiger partial charge in [-0.25, -0.2) is 4.63 Å². The molecule has 2 aromatic heterocycles. The summed E-state index contributed by atoms with van der Waals surface area (Å²) in [5, 5.41) is 11.8. The van der Waals surface area contributed by atoms with Crippen LogP contribution in [0, 0.1) is 0 Å². The standard InChI is InChI=1S/C20H17ClN4O2/c21-17-4-6-20(26-13-15-2-1-7-22-11-15)16(9-17)12-23-10-14-3-5-18-19(8-14)25-27-24-18/h1-9,11,23H,10,12-13H2. The highest BCUT2D eigenvalue weighted by atomic mass is 35.5. The van der Waals surface area contributed by atoms with Crippen LogP contribution in [0.5, 0.6) is 5.75 Å². The molecule has 136 valence electrons. The fourth-order valence-corrected chi connectivity index (χ4v) is 2.95. The molecule has 2 aromatic carbocycles. The number of aromatic nitrogens is 3. The summed E-state index contributed by atoms with van der Waals surface area (Å²) in [7, 11) is 0. The van der Waals surface area contributed by atoms with Crippen LogP contribution in [0.15, 0.2) is 65.6 Å². The largest absolute Gasteiger partial charge is 0.489 e. The van der Waals surface area contributed by atoms with Crippen LogP contribution in [0.3, 0.4) is 0 Å². The van der Waals surface area contributed by atoms with E-state index < -0.39 is 0 Å². The van der Waals surface area contributed by atoms with Gasteiger partial charge in [0.2, 0.25) is 0 Å². The minimum absolute atomic E-state index is 0.457. The minimum atomic E-state index is 0.457. The van der Waals surface area contributed by atoms with E-state index in [2.05, 4.69) is 20.6 Å². The first-order valence-corrected chi connectivity index (χ1v) is 8.88. The molecular formula is C20H17ClN4O2. The fourth-order valence-electron chi connectivity index (χ4n) is 2.75. The van der Waals surface area contributed by atoms with Crippen LogP contribution in [0.2, 0.25) is 5.02 Å². The zero-order chi connectivity index (χ0) is 18.5. The van der Waals surface area contributed by atoms with Crippen molar-refractivity contribution in [2.75, 3.05) is 0 Å². The van der Waals surface area contributed by atoms with Crippen LogP contribution in [0.4, 0.5) is 0 Å². The van der Waals surface area contributed by atoms with Gasteiger partial charge in [0.15, 0.2) is 0 Å². The first kappa shape index (κ1) is 17.5. The van der Waals surface area contributed by atoms with Crippen molar-refractivity contribution < 1.29 is 9.37 Å². The molecule has 0 saturated carbocycles. The Bertz CT molecular complexity index is 1040. The molecule has 6 nitrogen and oxygen atoms in total. The molecule has 0 radical (unpaired) electrons. The SMILES string of the molecule is Clc1ccc(OCc2cccnc2)c(CNCc2ccc3nonc3c2)c1. The first-order chi connectivity index (χ1) is 13.3. The van der Waals surface area contributed by atoms with Gasteiger partial charge in [-0.15, -0.1) is 0 Å². The van der Waals surface area contributed by atoms with Gasteiger partial charge in [0.05, 0.1) is 0 Å². The summed E-state index contributed by atoms with van der Waals surface area (Å²) in [4.78, 5) is 4.10. The Morgan fingerprint density at radius 1 is 0.963 bits per heavy atom. The Morgan fingerprint density at radius 2 is 1.89 bits per heavy atom. The van der Waals surface area contributed by atoms with Crippen LogP contribution >= 0.6 is 11.6 Å². The molecule has 2 heterocycles. The second kappa shape index (κ2) is 8.16. The number of benzene rings is 2. The van der Waals surface area contributed by atoms with Gasteiger partial charge < -0.3 is 10.1 Å². The van der Waals surface area contributed by atoms with Crippen LogP contribution in [-0.2, 0) is 19.7 Å². The van der Waals surface area contributed by atoms with Crippen molar-refractivity contribution >= 4 is 22.6 Å². The van der Waals surface area contributed by atoms with Crippen molar-refractivity contribution in [1.29, 1.82) is 0 Å². The van der Waals surface area contributed by atoms with Crippen LogP contribution in [-0.4, -0.2) is 15.3 Å². The minimum Gasteiger partial charge on any atom is -0.489 e. The summed E-state index contributed by atoms with van der Waals surface area (Å²) in [6, 6.07) is 15.4. The number of hydrogen-bond acceptors (Lipinski definition) is 6. The highest BCUT2D eigenvalue weighted by Crippen LogP contribution is 2.24. The number of ether oxygens (including phenoxy) is 1. The fraction of sp³-hybridized carbons (Fsp3) is 0.150. The average Bonchev–Trinajstić information content (AvgIpc) is 3.16. The molecule has 0 aliphatic carbocycles. The Morgan fingerprint density at radius 3 is 2.78 bits per heavy atom. The maximum absolute atomic E-state index is 6.16. The smallest absolute Gasteiger partial charge is 0.135 e. The molecule has 4 rings (SSSR count). The Balaban J connectivity index is 1.40. The van der Waals surface area contributed by atoms with E-state index in [9.17, 15) is 0 Å². The Labute approximate surface area is 161 Å². The first-order valence-electron chi connectivity index (χ1n) is 8.50. The monoisotopic (exact) mass is 380 g/mol. The molecule has 0 spiro atoms. The summed E-state index contributed by atoms with van der Waals surface area (Å²) in [5.41, 5.74) is 4.60. The highest BCUT2D eigenvalue weighted by molar-refractivity contribution is 6.30. The maximum atomic E-state index is 6.16. The summed E-state index contributed by atoms with van der Waals surface area (Å²) in [6.45, 7) is 1.76. The van der Waals surface area contributed by atoms with Gasteiger partial charge in [0, 0.05) is 41.6 Å². The molecule has 27 heavy (non-hydrogen) atoms. The molecule has 0 aliphatic heterocycles. The van der Waals surface area contributed by atoms with Gasteiger partial charge in [-0.1, -0.05) is 23.7 Å². The van der Waals surface area contributed by atoms with Gasteiger partial charge >= 0.3 is 0 Å². The number of halogens is 1. The molecule has 0 bridgehead atoms. The molecular weight excluding hydrogens is 364 g/mol. The van der Waals surface area contributed by atoms with Crippen LogP contribution in [0.25, 0.3) is 11.0 Å². The normalized spacial score (nSPS) is 11.0. The lowest BCUT2D eigenvalue weighted by Crippen LogP contribution is -2.13. The molecule has 0 fully saturated rings. The second-order valence-electron chi connectivity index (χ2n) is 6.09. The molecule has 1 N–H and O–H groups in total. The zero-order valence-corrected chi connectivity index (χ0v) is 15.2. The Kier molecular flexibility index (Phi) is 5.27. The van der Waals surface area contributed by atoms with E-state index >= 15 is 0 Å². The Hall–Kier alpha value is -2.96. The third-order valence-corrected chi connectivity index (χ3v) is 4.34. The number of nitrogens with zero attached hydrogens (tertiary/aromatic N) is 3. The van der Waals surface area contributed by atoms with Gasteiger partial charge in [0.1, 0.15) is 23.4 Å². The predicted molar refractivity (Wildman–Crippen MR) is 102 cm³/mol.